The minimum Gasteiger partial charge on any atom is -0.338 e. The molecule has 1 aliphatic heterocycles. The molecular formula is C22H26FN3O2S. The lowest BCUT2D eigenvalue weighted by atomic mass is 9.77. The molecule has 29 heavy (non-hydrogen) atoms. The Morgan fingerprint density at radius 1 is 1.07 bits per heavy atom. The standard InChI is InChI=1S/C22H26FN3O2S/c23-18-8-6-17(7-9-18)21(16-3-1-4-16)24-15-20(27)25-10-12-26(13-11-25)22(28)19-5-2-14-29-19/h2,5-9,14,16,21,24H,1,3-4,10-13,15H2. The second-order valence-corrected chi connectivity index (χ2v) is 8.70. The second kappa shape index (κ2) is 9.05. The molecule has 1 saturated heterocycles. The van der Waals surface area contributed by atoms with Crippen LogP contribution in [-0.4, -0.2) is 54.3 Å². The SMILES string of the molecule is O=C(CNC(c1ccc(F)cc1)C1CCC1)N1CCN(C(=O)c2cccs2)CC1. The summed E-state index contributed by atoms with van der Waals surface area (Å²) < 4.78 is 13.3. The molecule has 2 heterocycles. The van der Waals surface area contributed by atoms with E-state index in [0.717, 1.165) is 23.3 Å². The minimum absolute atomic E-state index is 0.0478. The Balaban J connectivity index is 1.29. The molecule has 1 saturated carbocycles. The molecule has 0 bridgehead atoms. The van der Waals surface area contributed by atoms with E-state index in [0.29, 0.717) is 32.1 Å². The van der Waals surface area contributed by atoms with Gasteiger partial charge in [-0.2, -0.15) is 0 Å². The second-order valence-electron chi connectivity index (χ2n) is 7.75. The number of hydrogen-bond donors (Lipinski definition) is 1. The van der Waals surface area contributed by atoms with Crippen molar-refractivity contribution in [3.05, 3.63) is 58.0 Å². The van der Waals surface area contributed by atoms with Crippen molar-refractivity contribution in [1.82, 2.24) is 15.1 Å². The Morgan fingerprint density at radius 3 is 2.34 bits per heavy atom. The number of rotatable bonds is 6. The summed E-state index contributed by atoms with van der Waals surface area (Å²) in [6, 6.07) is 10.4. The summed E-state index contributed by atoms with van der Waals surface area (Å²) >= 11 is 1.45. The first kappa shape index (κ1) is 20.0. The number of benzene rings is 1. The van der Waals surface area contributed by atoms with Gasteiger partial charge in [-0.25, -0.2) is 4.39 Å². The van der Waals surface area contributed by atoms with Gasteiger partial charge in [-0.1, -0.05) is 24.6 Å². The summed E-state index contributed by atoms with van der Waals surface area (Å²) in [5, 5.41) is 5.32. The van der Waals surface area contributed by atoms with E-state index < -0.39 is 0 Å². The molecule has 1 aromatic heterocycles. The maximum atomic E-state index is 13.3. The van der Waals surface area contributed by atoms with Gasteiger partial charge in [0.15, 0.2) is 0 Å². The van der Waals surface area contributed by atoms with Crippen LogP contribution in [0.4, 0.5) is 4.39 Å². The highest BCUT2D eigenvalue weighted by molar-refractivity contribution is 7.12. The van der Waals surface area contributed by atoms with Crippen LogP contribution in [0.15, 0.2) is 41.8 Å². The Labute approximate surface area is 174 Å². The zero-order valence-corrected chi connectivity index (χ0v) is 17.2. The maximum Gasteiger partial charge on any atom is 0.264 e. The largest absolute Gasteiger partial charge is 0.338 e. The fourth-order valence-electron chi connectivity index (χ4n) is 4.02. The molecule has 1 aromatic carbocycles. The third-order valence-electron chi connectivity index (χ3n) is 5.98. The molecule has 2 aromatic rings. The third kappa shape index (κ3) is 4.67. The molecule has 1 unspecified atom stereocenters. The zero-order chi connectivity index (χ0) is 20.2. The number of carbonyl (C=O) groups excluding carboxylic acids is 2. The first-order chi connectivity index (χ1) is 14.1. The van der Waals surface area contributed by atoms with Crippen LogP contribution in [0.3, 0.4) is 0 Å². The van der Waals surface area contributed by atoms with Crippen LogP contribution in [0.25, 0.3) is 0 Å². The average Bonchev–Trinajstić information content (AvgIpc) is 3.24. The third-order valence-corrected chi connectivity index (χ3v) is 6.83. The molecule has 2 amide bonds. The highest BCUT2D eigenvalue weighted by Crippen LogP contribution is 2.37. The Kier molecular flexibility index (Phi) is 6.25. The predicted molar refractivity (Wildman–Crippen MR) is 111 cm³/mol. The van der Waals surface area contributed by atoms with Crippen molar-refractivity contribution in [2.75, 3.05) is 32.7 Å². The zero-order valence-electron chi connectivity index (χ0n) is 16.4. The maximum absolute atomic E-state index is 13.3. The molecule has 2 aliphatic rings. The van der Waals surface area contributed by atoms with Gasteiger partial charge < -0.3 is 15.1 Å². The summed E-state index contributed by atoms with van der Waals surface area (Å²) in [6.45, 7) is 2.50. The van der Waals surface area contributed by atoms with Crippen molar-refractivity contribution in [2.45, 2.75) is 25.3 Å². The molecule has 154 valence electrons. The van der Waals surface area contributed by atoms with E-state index in [1.165, 1.54) is 29.9 Å². The molecule has 7 heteroatoms. The van der Waals surface area contributed by atoms with Gasteiger partial charge in [0, 0.05) is 32.2 Å². The van der Waals surface area contributed by atoms with Crippen LogP contribution in [0.1, 0.15) is 40.5 Å². The number of halogens is 1. The number of piperazine rings is 1. The number of amides is 2. The highest BCUT2D eigenvalue weighted by atomic mass is 32.1. The van der Waals surface area contributed by atoms with Crippen molar-refractivity contribution in [1.29, 1.82) is 0 Å². The number of thiophene rings is 1. The van der Waals surface area contributed by atoms with Gasteiger partial charge in [0.2, 0.25) is 5.91 Å². The van der Waals surface area contributed by atoms with Crippen LogP contribution in [-0.2, 0) is 4.79 Å². The fraction of sp³-hybridized carbons (Fsp3) is 0.455. The van der Waals surface area contributed by atoms with E-state index in [1.54, 1.807) is 0 Å². The summed E-state index contributed by atoms with van der Waals surface area (Å²) in [4.78, 5) is 29.6. The number of nitrogens with zero attached hydrogens (tertiary/aromatic N) is 2. The van der Waals surface area contributed by atoms with Crippen LogP contribution >= 0.6 is 11.3 Å². The number of hydrogen-bond acceptors (Lipinski definition) is 4. The van der Waals surface area contributed by atoms with Gasteiger partial charge in [-0.15, -0.1) is 11.3 Å². The molecule has 4 rings (SSSR count). The lowest BCUT2D eigenvalue weighted by Crippen LogP contribution is -2.52. The number of carbonyl (C=O) groups is 2. The van der Waals surface area contributed by atoms with Gasteiger partial charge in [-0.3, -0.25) is 9.59 Å². The molecule has 1 N–H and O–H groups in total. The van der Waals surface area contributed by atoms with Gasteiger partial charge in [0.1, 0.15) is 5.82 Å². The van der Waals surface area contributed by atoms with Crippen molar-refractivity contribution in [3.8, 4) is 0 Å². The molecule has 2 fully saturated rings. The van der Waals surface area contributed by atoms with E-state index in [9.17, 15) is 14.0 Å². The highest BCUT2D eigenvalue weighted by Gasteiger charge is 2.30. The van der Waals surface area contributed by atoms with Crippen LogP contribution < -0.4 is 5.32 Å². The van der Waals surface area contributed by atoms with E-state index in [2.05, 4.69) is 5.32 Å². The van der Waals surface area contributed by atoms with Crippen LogP contribution in [0, 0.1) is 11.7 Å². The molecular weight excluding hydrogens is 389 g/mol. The Hall–Kier alpha value is -2.25. The summed E-state index contributed by atoms with van der Waals surface area (Å²) in [5.74, 6) is 0.354. The molecule has 5 nitrogen and oxygen atoms in total. The van der Waals surface area contributed by atoms with Crippen molar-refractivity contribution in [2.24, 2.45) is 5.92 Å². The summed E-state index contributed by atoms with van der Waals surface area (Å²) in [5.41, 5.74) is 1.04. The lowest BCUT2D eigenvalue weighted by Gasteiger charge is -2.37. The summed E-state index contributed by atoms with van der Waals surface area (Å²) in [6.07, 6.45) is 3.47. The smallest absolute Gasteiger partial charge is 0.264 e. The van der Waals surface area contributed by atoms with Crippen molar-refractivity contribution < 1.29 is 14.0 Å². The Bertz CT molecular complexity index is 828. The summed E-state index contributed by atoms with van der Waals surface area (Å²) in [7, 11) is 0. The van der Waals surface area contributed by atoms with E-state index >= 15 is 0 Å². The first-order valence-corrected chi connectivity index (χ1v) is 11.1. The lowest BCUT2D eigenvalue weighted by molar-refractivity contribution is -0.132. The fourth-order valence-corrected chi connectivity index (χ4v) is 4.71. The quantitative estimate of drug-likeness (QED) is 0.788. The monoisotopic (exact) mass is 415 g/mol. The molecule has 0 spiro atoms. The van der Waals surface area contributed by atoms with Crippen molar-refractivity contribution in [3.63, 3.8) is 0 Å². The topological polar surface area (TPSA) is 52.7 Å². The molecule has 0 radical (unpaired) electrons. The van der Waals surface area contributed by atoms with Gasteiger partial charge in [-0.05, 0) is 47.9 Å². The van der Waals surface area contributed by atoms with Gasteiger partial charge in [0.05, 0.1) is 11.4 Å². The molecule has 1 atom stereocenters. The predicted octanol–water partition coefficient (Wildman–Crippen LogP) is 3.30. The van der Waals surface area contributed by atoms with E-state index in [4.69, 9.17) is 0 Å². The van der Waals surface area contributed by atoms with Crippen LogP contribution in [0.5, 0.6) is 0 Å². The average molecular weight is 416 g/mol. The normalized spacial score (nSPS) is 18.4. The molecule has 1 aliphatic carbocycles. The minimum atomic E-state index is -0.243. The van der Waals surface area contributed by atoms with Crippen molar-refractivity contribution >= 4 is 23.2 Å². The van der Waals surface area contributed by atoms with E-state index in [-0.39, 0.29) is 30.2 Å². The van der Waals surface area contributed by atoms with Crippen LogP contribution in [0.2, 0.25) is 0 Å². The van der Waals surface area contributed by atoms with Gasteiger partial charge >= 0.3 is 0 Å². The van der Waals surface area contributed by atoms with Gasteiger partial charge in [0.25, 0.3) is 5.91 Å². The first-order valence-electron chi connectivity index (χ1n) is 10.2. The Morgan fingerprint density at radius 2 is 1.76 bits per heavy atom. The van der Waals surface area contributed by atoms with E-state index in [1.807, 2.05) is 39.4 Å². The number of nitrogens with one attached hydrogen (secondary N) is 1.